The summed E-state index contributed by atoms with van der Waals surface area (Å²) in [5.74, 6) is -0.391. The smallest absolute Gasteiger partial charge is 0.337 e. The molecule has 0 saturated carbocycles. The van der Waals surface area contributed by atoms with E-state index in [2.05, 4.69) is 68.2 Å². The molecule has 4 aromatic carbocycles. The van der Waals surface area contributed by atoms with Crippen LogP contribution in [0.4, 0.5) is 14.5 Å². The highest BCUT2D eigenvalue weighted by Crippen LogP contribution is 2.71. The Morgan fingerprint density at radius 2 is 1.60 bits per heavy atom. The number of benzene rings is 4. The van der Waals surface area contributed by atoms with Crippen molar-refractivity contribution in [2.24, 2.45) is 0 Å². The molecule has 240 valence electrons. The zero-order valence-corrected chi connectivity index (χ0v) is 34.0. The summed E-state index contributed by atoms with van der Waals surface area (Å²) in [5, 5.41) is 0.524. The number of alkyl halides is 2. The number of hydrogen-bond acceptors (Lipinski definition) is 4. The fourth-order valence-corrected chi connectivity index (χ4v) is 4.80. The van der Waals surface area contributed by atoms with Gasteiger partial charge in [-0.05, 0) is 48.9 Å². The summed E-state index contributed by atoms with van der Waals surface area (Å²) < 4.78 is 51.9. The minimum absolute atomic E-state index is 0.182. The zero-order chi connectivity index (χ0) is 34.2. The molecule has 4 aromatic rings. The molecule has 4 atom stereocenters. The lowest BCUT2D eigenvalue weighted by molar-refractivity contribution is 0.0600. The second-order valence-electron chi connectivity index (χ2n) is 8.10. The van der Waals surface area contributed by atoms with Gasteiger partial charge >= 0.3 is 5.97 Å². The van der Waals surface area contributed by atoms with E-state index in [0.717, 1.165) is 52.3 Å². The Bertz CT molecular complexity index is 1700. The van der Waals surface area contributed by atoms with Gasteiger partial charge in [-0.25, -0.2) is 26.8 Å². The predicted octanol–water partition coefficient (Wildman–Crippen LogP) is 12.5. The maximum atomic E-state index is 12.0. The Balaban J connectivity index is 0.000000328. The highest BCUT2D eigenvalue weighted by molar-refractivity contribution is 9.10. The number of nitrogens with zero attached hydrogens (tertiary/aromatic N) is 1. The first-order chi connectivity index (χ1) is 21.1. The number of esters is 1. The summed E-state index contributed by atoms with van der Waals surface area (Å²) in [6, 6.07) is 24.5. The van der Waals surface area contributed by atoms with E-state index in [4.69, 9.17) is 28.9 Å². The van der Waals surface area contributed by atoms with Crippen LogP contribution in [0.25, 0.3) is 16.0 Å². The van der Waals surface area contributed by atoms with Gasteiger partial charge in [0.1, 0.15) is 0 Å². The third kappa shape index (κ3) is 16.3. The number of hydrogen-bond donors (Lipinski definition) is 0. The van der Waals surface area contributed by atoms with Crippen molar-refractivity contribution < 1.29 is 26.7 Å². The Labute approximate surface area is 298 Å². The van der Waals surface area contributed by atoms with Crippen LogP contribution in [0.15, 0.2) is 105 Å². The first kappa shape index (κ1) is 42.4. The van der Waals surface area contributed by atoms with Crippen molar-refractivity contribution in [1.29, 1.82) is 0 Å². The van der Waals surface area contributed by atoms with Gasteiger partial charge in [0.2, 0.25) is 5.69 Å². The van der Waals surface area contributed by atoms with Crippen molar-refractivity contribution >= 4 is 117 Å². The minimum Gasteiger partial charge on any atom is -0.465 e. The summed E-state index contributed by atoms with van der Waals surface area (Å²) in [6.07, 6.45) is -2.60. The molecule has 0 spiro atoms. The molecule has 0 aliphatic carbocycles. The molecule has 0 N–H and O–H groups in total. The number of ether oxygens (including phenoxy) is 1. The first-order valence-corrected chi connectivity index (χ1v) is 24.5. The number of methoxy groups -OCH3 is 1. The Kier molecular flexibility index (Phi) is 20.8. The van der Waals surface area contributed by atoms with Crippen molar-refractivity contribution in [2.75, 3.05) is 7.11 Å². The minimum atomic E-state index is -3.82. The molecule has 4 rings (SSSR count). The molecule has 0 bridgehead atoms. The molecule has 45 heavy (non-hydrogen) atoms. The predicted molar refractivity (Wildman–Crippen MR) is 205 cm³/mol. The number of para-hydroxylation sites is 1. The normalized spacial score (nSPS) is 10.6. The standard InChI is InChI=1S/C14H10BrClO2.C7H4BrN.C7H5ClF2O2S.H7P5/c1-18-14(17)10-5-6-12(13(16)8-10)9-3-2-4-11(15)7-9;1-9-7-5-3-2-4-6(7)8;8-13(11,12)6-3-1-5(2-4-6)7(9)10;1-4-5(2)3/h2-8H,1H3;2-5H;1-4,7H;4H,1-3H2. The largest absolute Gasteiger partial charge is 0.465 e. The van der Waals surface area contributed by atoms with Crippen LogP contribution in [0.2, 0.25) is 5.02 Å². The number of rotatable bonds is 5. The van der Waals surface area contributed by atoms with Gasteiger partial charge in [0.25, 0.3) is 15.5 Å². The molecule has 4 unspecified atom stereocenters. The maximum Gasteiger partial charge on any atom is 0.337 e. The van der Waals surface area contributed by atoms with E-state index in [1.54, 1.807) is 18.2 Å². The Hall–Kier alpha value is -0.660. The van der Waals surface area contributed by atoms with Crippen molar-refractivity contribution in [2.45, 2.75) is 11.3 Å². The molecule has 0 aliphatic rings. The van der Waals surface area contributed by atoms with E-state index < -0.39 is 21.4 Å². The van der Waals surface area contributed by atoms with Gasteiger partial charge in [-0.2, -0.15) is 0 Å². The summed E-state index contributed by atoms with van der Waals surface area (Å²) in [7, 11) is 11.7. The molecular formula is C28H26Br2Cl2F2NO4P5S. The second-order valence-corrected chi connectivity index (χ2v) is 26.8. The average Bonchev–Trinajstić information content (AvgIpc) is 3.01. The van der Waals surface area contributed by atoms with Gasteiger partial charge in [0, 0.05) is 35.8 Å². The summed E-state index contributed by atoms with van der Waals surface area (Å²) >= 11 is 12.9. The third-order valence-corrected chi connectivity index (χ3v) is 19.8. The van der Waals surface area contributed by atoms with E-state index in [9.17, 15) is 22.0 Å². The molecule has 0 radical (unpaired) electrons. The lowest BCUT2D eigenvalue weighted by Gasteiger charge is -2.07. The van der Waals surface area contributed by atoms with Crippen molar-refractivity contribution in [3.8, 4) is 11.1 Å². The van der Waals surface area contributed by atoms with Gasteiger partial charge < -0.3 is 4.74 Å². The molecule has 0 fully saturated rings. The van der Waals surface area contributed by atoms with Gasteiger partial charge in [-0.1, -0.05) is 106 Å². The fourth-order valence-electron chi connectivity index (χ4n) is 2.97. The molecule has 0 heterocycles. The summed E-state index contributed by atoms with van der Waals surface area (Å²) in [6.45, 7) is 6.91. The van der Waals surface area contributed by atoms with E-state index in [0.29, 0.717) is 16.3 Å². The van der Waals surface area contributed by atoms with Crippen molar-refractivity contribution in [3.05, 3.63) is 128 Å². The molecule has 0 saturated heterocycles. The highest BCUT2D eigenvalue weighted by atomic mass is 79.9. The first-order valence-electron chi connectivity index (χ1n) is 12.0. The van der Waals surface area contributed by atoms with Crippen LogP contribution in [0.5, 0.6) is 0 Å². The summed E-state index contributed by atoms with van der Waals surface area (Å²) in [5.41, 5.74) is 2.75. The Morgan fingerprint density at radius 1 is 1.00 bits per heavy atom. The SMILES string of the molecule is COC(=O)c1ccc(-c2cccc(Br)c2)c(Cl)c1.O=S(=O)(Cl)c1ccc(C(F)F)cc1.PPP(P)P.[C-]#[N+]c1ccccc1Br. The number of carbonyl (C=O) groups is 1. The van der Waals surface area contributed by atoms with Crippen LogP contribution in [0.1, 0.15) is 22.3 Å². The monoisotopic (exact) mass is 893 g/mol. The van der Waals surface area contributed by atoms with Gasteiger partial charge in [0.05, 0.1) is 24.1 Å². The van der Waals surface area contributed by atoms with Gasteiger partial charge in [0.15, 0.2) is 0 Å². The van der Waals surface area contributed by atoms with E-state index in [-0.39, 0.29) is 17.4 Å². The Morgan fingerprint density at radius 3 is 2.02 bits per heavy atom. The van der Waals surface area contributed by atoms with Crippen LogP contribution in [-0.4, -0.2) is 21.5 Å². The van der Waals surface area contributed by atoms with Crippen molar-refractivity contribution in [1.82, 2.24) is 0 Å². The third-order valence-electron chi connectivity index (χ3n) is 5.06. The van der Waals surface area contributed by atoms with E-state index in [1.165, 1.54) is 7.11 Å². The van der Waals surface area contributed by atoms with E-state index in [1.807, 2.05) is 48.5 Å². The van der Waals surface area contributed by atoms with Crippen LogP contribution < -0.4 is 0 Å². The highest BCUT2D eigenvalue weighted by Gasteiger charge is 2.12. The average molecular weight is 896 g/mol. The molecule has 17 heteroatoms. The molecule has 5 nitrogen and oxygen atoms in total. The quantitative estimate of drug-likeness (QED) is 0.0866. The molecule has 0 aliphatic heterocycles. The summed E-state index contributed by atoms with van der Waals surface area (Å²) in [4.78, 5) is 14.5. The molecular weight excluding hydrogens is 870 g/mol. The molecule has 0 amide bonds. The van der Waals surface area contributed by atoms with Crippen LogP contribution in [0, 0.1) is 6.57 Å². The fraction of sp³-hybridized carbons (Fsp3) is 0.0714. The van der Waals surface area contributed by atoms with Gasteiger partial charge in [-0.3, -0.25) is 0 Å². The van der Waals surface area contributed by atoms with Crippen LogP contribution in [-0.2, 0) is 13.8 Å². The maximum absolute atomic E-state index is 12.0. The zero-order valence-electron chi connectivity index (χ0n) is 23.2. The number of carbonyl (C=O) groups excluding carboxylic acids is 1. The lowest BCUT2D eigenvalue weighted by Crippen LogP contribution is -2.00. The lowest BCUT2D eigenvalue weighted by atomic mass is 10.0. The van der Waals surface area contributed by atoms with Gasteiger partial charge in [-0.15, -0.1) is 26.8 Å². The number of halogens is 6. The van der Waals surface area contributed by atoms with E-state index >= 15 is 0 Å². The molecule has 0 aromatic heterocycles. The second kappa shape index (κ2) is 22.1. The van der Waals surface area contributed by atoms with Crippen molar-refractivity contribution in [3.63, 3.8) is 0 Å². The van der Waals surface area contributed by atoms with Crippen LogP contribution >= 0.6 is 95.9 Å². The van der Waals surface area contributed by atoms with Crippen LogP contribution in [0.3, 0.4) is 0 Å². The topological polar surface area (TPSA) is 64.8 Å².